The second-order valence-electron chi connectivity index (χ2n) is 10.6. The van der Waals surface area contributed by atoms with Gasteiger partial charge < -0.3 is 29.5 Å². The smallest absolute Gasteiger partial charge is 0.244 e. The number of anilines is 1. The molecular formula is C26H37N5O8S2. The number of hydrogen-bond donors (Lipinski definition) is 3. The van der Waals surface area contributed by atoms with Crippen LogP contribution in [0.3, 0.4) is 0 Å². The Labute approximate surface area is 240 Å². The second kappa shape index (κ2) is 12.0. The number of pyridine rings is 1. The van der Waals surface area contributed by atoms with Crippen molar-refractivity contribution < 1.29 is 36.2 Å². The fraction of sp³-hybridized carbons (Fsp3) is 0.577. The zero-order chi connectivity index (χ0) is 29.3. The maximum absolute atomic E-state index is 13.4. The molecule has 1 aromatic carbocycles. The van der Waals surface area contributed by atoms with Crippen LogP contribution in [-0.2, 0) is 24.8 Å². The topological polar surface area (TPSA) is 160 Å². The molecule has 0 aliphatic carbocycles. The van der Waals surface area contributed by atoms with E-state index in [1.807, 2.05) is 11.9 Å². The molecule has 0 radical (unpaired) electrons. The second-order valence-corrected chi connectivity index (χ2v) is 14.4. The molecule has 226 valence electrons. The van der Waals surface area contributed by atoms with E-state index in [0.29, 0.717) is 69.4 Å². The minimum absolute atomic E-state index is 0.0114. The maximum atomic E-state index is 13.4. The van der Waals surface area contributed by atoms with Crippen LogP contribution >= 0.6 is 0 Å². The molecule has 41 heavy (non-hydrogen) atoms. The molecule has 2 aromatic rings. The normalized spacial score (nSPS) is 21.8. The first-order chi connectivity index (χ1) is 19.5. The summed E-state index contributed by atoms with van der Waals surface area (Å²) in [6.45, 7) is 2.58. The first-order valence-corrected chi connectivity index (χ1v) is 16.5. The van der Waals surface area contributed by atoms with Crippen LogP contribution in [0.5, 0.6) is 11.6 Å². The van der Waals surface area contributed by atoms with Crippen molar-refractivity contribution in [1.82, 2.24) is 19.3 Å². The number of benzene rings is 1. The summed E-state index contributed by atoms with van der Waals surface area (Å²) >= 11 is 0. The molecule has 2 saturated heterocycles. The van der Waals surface area contributed by atoms with E-state index in [0.717, 1.165) is 0 Å². The summed E-state index contributed by atoms with van der Waals surface area (Å²) in [5, 5.41) is 13.7. The Kier molecular flexibility index (Phi) is 8.76. The molecular weight excluding hydrogens is 574 g/mol. The van der Waals surface area contributed by atoms with E-state index < -0.39 is 31.8 Å². The van der Waals surface area contributed by atoms with E-state index in [-0.39, 0.29) is 29.0 Å². The number of piperidine rings is 1. The van der Waals surface area contributed by atoms with Gasteiger partial charge >= 0.3 is 0 Å². The van der Waals surface area contributed by atoms with Gasteiger partial charge in [-0.05, 0) is 44.5 Å². The number of sulfonamides is 2. The van der Waals surface area contributed by atoms with Gasteiger partial charge in [0, 0.05) is 38.8 Å². The van der Waals surface area contributed by atoms with Crippen molar-refractivity contribution in [3.63, 3.8) is 0 Å². The maximum Gasteiger partial charge on any atom is 0.244 e. The summed E-state index contributed by atoms with van der Waals surface area (Å²) in [5.41, 5.74) is 0.258. The van der Waals surface area contributed by atoms with Crippen LogP contribution in [0.1, 0.15) is 19.3 Å². The molecule has 15 heteroatoms. The summed E-state index contributed by atoms with van der Waals surface area (Å²) < 4.78 is 71.8. The molecule has 1 aromatic heterocycles. The molecule has 1 spiro atoms. The molecule has 5 rings (SSSR count). The summed E-state index contributed by atoms with van der Waals surface area (Å²) in [5.74, 6) is 0.788. The molecule has 0 amide bonds. The van der Waals surface area contributed by atoms with E-state index in [9.17, 15) is 21.9 Å². The van der Waals surface area contributed by atoms with Gasteiger partial charge in [0.1, 0.15) is 35.7 Å². The number of rotatable bonds is 10. The number of aliphatic hydroxyl groups excluding tert-OH is 1. The van der Waals surface area contributed by atoms with Crippen LogP contribution in [0.25, 0.3) is 0 Å². The van der Waals surface area contributed by atoms with Gasteiger partial charge in [-0.15, -0.1) is 0 Å². The van der Waals surface area contributed by atoms with Crippen LogP contribution in [0, 0.1) is 0 Å². The Balaban J connectivity index is 1.09. The van der Waals surface area contributed by atoms with Gasteiger partial charge in [0.2, 0.25) is 25.9 Å². The van der Waals surface area contributed by atoms with Crippen LogP contribution in [0.2, 0.25) is 0 Å². The summed E-state index contributed by atoms with van der Waals surface area (Å²) in [7, 11) is -4.08. The number of likely N-dealkylation sites (N-methyl/N-ethyl adjacent to an activating group) is 1. The van der Waals surface area contributed by atoms with Gasteiger partial charge in [-0.3, -0.25) is 0 Å². The summed E-state index contributed by atoms with van der Waals surface area (Å²) in [6.07, 6.45) is 2.39. The monoisotopic (exact) mass is 611 g/mol. The van der Waals surface area contributed by atoms with E-state index in [1.54, 1.807) is 18.2 Å². The van der Waals surface area contributed by atoms with Crippen molar-refractivity contribution in [3.05, 3.63) is 36.5 Å². The van der Waals surface area contributed by atoms with E-state index >= 15 is 0 Å². The third-order valence-corrected chi connectivity index (χ3v) is 11.1. The minimum atomic E-state index is -3.71. The lowest BCUT2D eigenvalue weighted by atomic mass is 9.88. The van der Waals surface area contributed by atoms with Gasteiger partial charge in [0.25, 0.3) is 0 Å². The average molecular weight is 612 g/mol. The standard InChI is InChI=1S/C26H37N5O8S2/c1-27-40(33,34)22-5-3-4-21(12-22)38-18-20(32)15-28-19-14-26(39-17-19)6-8-31(9-7-26)41(35,36)23-13-24-25(29-16-23)37-11-10-30(24)2/h3-5,12-13,16,19-20,27-28,32H,6-11,14-15,17-18H2,1-2H3. The highest BCUT2D eigenvalue weighted by molar-refractivity contribution is 7.89. The first kappa shape index (κ1) is 29.9. The Morgan fingerprint density at radius 2 is 1.95 bits per heavy atom. The van der Waals surface area contributed by atoms with E-state index in [1.165, 1.54) is 29.7 Å². The molecule has 0 saturated carbocycles. The molecule has 0 bridgehead atoms. The fourth-order valence-electron chi connectivity index (χ4n) is 5.36. The van der Waals surface area contributed by atoms with Crippen molar-refractivity contribution in [2.75, 3.05) is 65.0 Å². The predicted octanol–water partition coefficient (Wildman–Crippen LogP) is 0.160. The molecule has 13 nitrogen and oxygen atoms in total. The van der Waals surface area contributed by atoms with Crippen molar-refractivity contribution in [2.24, 2.45) is 0 Å². The van der Waals surface area contributed by atoms with Gasteiger partial charge in [0.15, 0.2) is 0 Å². The van der Waals surface area contributed by atoms with Crippen molar-refractivity contribution in [3.8, 4) is 11.6 Å². The molecule has 3 aliphatic heterocycles. The number of nitrogens with one attached hydrogen (secondary N) is 2. The Morgan fingerprint density at radius 3 is 2.71 bits per heavy atom. The highest BCUT2D eigenvalue weighted by Crippen LogP contribution is 2.38. The third kappa shape index (κ3) is 6.61. The van der Waals surface area contributed by atoms with Crippen molar-refractivity contribution in [1.29, 1.82) is 0 Å². The molecule has 3 N–H and O–H groups in total. The number of fused-ring (bicyclic) bond motifs is 1. The predicted molar refractivity (Wildman–Crippen MR) is 150 cm³/mol. The SMILES string of the molecule is CNS(=O)(=O)c1cccc(OCC(O)CNC2COC3(CCN(S(=O)(=O)c4cnc5c(c4)N(C)CCO5)CC3)C2)c1. The van der Waals surface area contributed by atoms with E-state index in [4.69, 9.17) is 14.2 Å². The van der Waals surface area contributed by atoms with Crippen molar-refractivity contribution in [2.45, 2.75) is 46.8 Å². The Morgan fingerprint density at radius 1 is 1.17 bits per heavy atom. The number of ether oxygens (including phenoxy) is 3. The zero-order valence-electron chi connectivity index (χ0n) is 23.2. The van der Waals surface area contributed by atoms with Crippen LogP contribution < -0.4 is 24.4 Å². The lowest BCUT2D eigenvalue weighted by Gasteiger charge is -2.38. The summed E-state index contributed by atoms with van der Waals surface area (Å²) in [4.78, 5) is 6.41. The fourth-order valence-corrected chi connectivity index (χ4v) is 7.53. The Bertz CT molecular complexity index is 1450. The minimum Gasteiger partial charge on any atom is -0.491 e. The molecule has 4 heterocycles. The lowest BCUT2D eigenvalue weighted by Crippen LogP contribution is -2.47. The average Bonchev–Trinajstić information content (AvgIpc) is 3.37. The molecule has 2 unspecified atom stereocenters. The first-order valence-electron chi connectivity index (χ1n) is 13.6. The highest BCUT2D eigenvalue weighted by atomic mass is 32.2. The molecule has 3 aliphatic rings. The number of nitrogens with zero attached hydrogens (tertiary/aromatic N) is 3. The summed E-state index contributed by atoms with van der Waals surface area (Å²) in [6, 6.07) is 7.72. The van der Waals surface area contributed by atoms with Gasteiger partial charge in [-0.25, -0.2) is 26.5 Å². The van der Waals surface area contributed by atoms with Gasteiger partial charge in [-0.1, -0.05) is 6.07 Å². The van der Waals surface area contributed by atoms with Crippen molar-refractivity contribution >= 4 is 25.7 Å². The number of aromatic nitrogens is 1. The molecule has 2 atom stereocenters. The highest BCUT2D eigenvalue weighted by Gasteiger charge is 2.45. The van der Waals surface area contributed by atoms with Gasteiger partial charge in [-0.2, -0.15) is 4.31 Å². The van der Waals surface area contributed by atoms with Crippen LogP contribution in [0.15, 0.2) is 46.3 Å². The third-order valence-electron chi connectivity index (χ3n) is 7.83. The molecule has 2 fully saturated rings. The zero-order valence-corrected chi connectivity index (χ0v) is 24.8. The lowest BCUT2D eigenvalue weighted by molar-refractivity contribution is -0.0312. The van der Waals surface area contributed by atoms with Crippen LogP contribution in [-0.4, -0.2) is 109 Å². The Hall–Kier alpha value is -2.53. The van der Waals surface area contributed by atoms with Crippen LogP contribution in [0.4, 0.5) is 5.69 Å². The number of hydrogen-bond acceptors (Lipinski definition) is 11. The van der Waals surface area contributed by atoms with Gasteiger partial charge in [0.05, 0.1) is 29.8 Å². The van der Waals surface area contributed by atoms with E-state index in [2.05, 4.69) is 15.0 Å². The quantitative estimate of drug-likeness (QED) is 0.336. The number of aliphatic hydroxyl groups is 1. The largest absolute Gasteiger partial charge is 0.491 e.